The van der Waals surface area contributed by atoms with Gasteiger partial charge in [-0.15, -0.1) is 0 Å². The van der Waals surface area contributed by atoms with Crippen LogP contribution >= 0.6 is 0 Å². The second-order valence-electron chi connectivity index (χ2n) is 8.43. The summed E-state index contributed by atoms with van der Waals surface area (Å²) in [6.45, 7) is 10.6. The predicted octanol–water partition coefficient (Wildman–Crippen LogP) is 3.65. The molecule has 0 heterocycles. The van der Waals surface area contributed by atoms with E-state index in [-0.39, 0.29) is 23.2 Å². The topological polar surface area (TPSA) is 57.5 Å². The van der Waals surface area contributed by atoms with Crippen molar-refractivity contribution < 1.29 is 15.0 Å². The lowest BCUT2D eigenvalue weighted by atomic mass is 9.47. The van der Waals surface area contributed by atoms with E-state index in [1.165, 1.54) is 11.1 Å². The molecule has 0 saturated heterocycles. The number of carbonyl (C=O) groups excluding carboxylic acids is 1. The molecule has 4 unspecified atom stereocenters. The smallest absolute Gasteiger partial charge is 0.162 e. The van der Waals surface area contributed by atoms with E-state index >= 15 is 0 Å². The monoisotopic (exact) mass is 320 g/mol. The van der Waals surface area contributed by atoms with E-state index in [0.717, 1.165) is 19.3 Å². The fraction of sp³-hybridized carbons (Fsp3) is 0.750. The molecule has 3 heteroatoms. The molecule has 130 valence electrons. The van der Waals surface area contributed by atoms with E-state index in [1.54, 1.807) is 0 Å². The Morgan fingerprint density at radius 3 is 2.65 bits per heavy atom. The summed E-state index contributed by atoms with van der Waals surface area (Å²) in [6.07, 6.45) is 6.69. The third-order valence-electron chi connectivity index (χ3n) is 6.55. The number of hydrogen-bond donors (Lipinski definition) is 2. The van der Waals surface area contributed by atoms with Crippen molar-refractivity contribution in [3.05, 3.63) is 23.3 Å². The first-order valence-electron chi connectivity index (χ1n) is 8.78. The summed E-state index contributed by atoms with van der Waals surface area (Å²) in [5.74, 6) is 0.675. The normalized spacial score (nSPS) is 37.3. The molecular weight excluding hydrogens is 288 g/mol. The van der Waals surface area contributed by atoms with E-state index in [4.69, 9.17) is 5.11 Å². The molecule has 2 rings (SSSR count). The van der Waals surface area contributed by atoms with Gasteiger partial charge in [0.15, 0.2) is 5.78 Å². The van der Waals surface area contributed by atoms with Gasteiger partial charge in [-0.3, -0.25) is 4.79 Å². The molecule has 3 nitrogen and oxygen atoms in total. The number of aliphatic hydroxyl groups excluding tert-OH is 2. The second kappa shape index (κ2) is 6.52. The van der Waals surface area contributed by atoms with Crippen molar-refractivity contribution in [2.24, 2.45) is 22.7 Å². The summed E-state index contributed by atoms with van der Waals surface area (Å²) in [7, 11) is 0. The number of fused-ring (bicyclic) bond motifs is 1. The van der Waals surface area contributed by atoms with E-state index in [0.29, 0.717) is 18.3 Å². The number of ketones is 1. The van der Waals surface area contributed by atoms with E-state index in [2.05, 4.69) is 26.8 Å². The van der Waals surface area contributed by atoms with Crippen molar-refractivity contribution >= 4 is 5.78 Å². The first-order valence-corrected chi connectivity index (χ1v) is 8.78. The molecule has 0 aliphatic heterocycles. The molecule has 0 bridgehead atoms. The molecule has 0 spiro atoms. The Morgan fingerprint density at radius 1 is 1.39 bits per heavy atom. The molecule has 0 amide bonds. The highest BCUT2D eigenvalue weighted by Crippen LogP contribution is 2.59. The Balaban J connectivity index is 2.31. The minimum atomic E-state index is -0.843. The van der Waals surface area contributed by atoms with Crippen LogP contribution in [0.25, 0.3) is 0 Å². The zero-order valence-corrected chi connectivity index (χ0v) is 15.2. The van der Waals surface area contributed by atoms with Crippen LogP contribution in [0.5, 0.6) is 0 Å². The minimum absolute atomic E-state index is 0.00364. The molecule has 2 aliphatic rings. The second-order valence-corrected chi connectivity index (χ2v) is 8.43. The maximum atomic E-state index is 12.4. The zero-order chi connectivity index (χ0) is 17.4. The van der Waals surface area contributed by atoms with Crippen LogP contribution in [-0.4, -0.2) is 28.7 Å². The van der Waals surface area contributed by atoms with E-state index in [9.17, 15) is 9.90 Å². The van der Waals surface area contributed by atoms with Crippen molar-refractivity contribution in [3.63, 3.8) is 0 Å². The lowest BCUT2D eigenvalue weighted by Crippen LogP contribution is -2.58. The molecule has 0 aromatic heterocycles. The maximum Gasteiger partial charge on any atom is 0.162 e. The summed E-state index contributed by atoms with van der Waals surface area (Å²) in [5.41, 5.74) is 2.11. The Hall–Kier alpha value is -0.930. The van der Waals surface area contributed by atoms with Gasteiger partial charge in [0.1, 0.15) is 6.10 Å². The third-order valence-corrected chi connectivity index (χ3v) is 6.55. The highest BCUT2D eigenvalue weighted by molar-refractivity contribution is 5.85. The first kappa shape index (κ1) is 18.4. The SMILES string of the molecule is CC(=CCO)CCC1C(C)=CCC2C(C)(C)C(O)C(=O)CC12C. The van der Waals surface area contributed by atoms with Gasteiger partial charge in [-0.05, 0) is 50.4 Å². The van der Waals surface area contributed by atoms with Gasteiger partial charge in [-0.25, -0.2) is 0 Å². The molecule has 2 aliphatic carbocycles. The average molecular weight is 320 g/mol. The molecule has 2 N–H and O–H groups in total. The van der Waals surface area contributed by atoms with Crippen molar-refractivity contribution in [2.45, 2.75) is 66.4 Å². The minimum Gasteiger partial charge on any atom is -0.392 e. The number of allylic oxidation sites excluding steroid dienone is 3. The highest BCUT2D eigenvalue weighted by atomic mass is 16.3. The molecule has 0 aromatic carbocycles. The van der Waals surface area contributed by atoms with Gasteiger partial charge >= 0.3 is 0 Å². The van der Waals surface area contributed by atoms with E-state index < -0.39 is 6.10 Å². The summed E-state index contributed by atoms with van der Waals surface area (Å²) in [6, 6.07) is 0. The van der Waals surface area contributed by atoms with Crippen molar-refractivity contribution in [3.8, 4) is 0 Å². The van der Waals surface area contributed by atoms with Crippen molar-refractivity contribution in [1.29, 1.82) is 0 Å². The molecule has 0 aromatic rings. The van der Waals surface area contributed by atoms with Crippen molar-refractivity contribution in [1.82, 2.24) is 0 Å². The Kier molecular flexibility index (Phi) is 5.22. The molecule has 1 fully saturated rings. The van der Waals surface area contributed by atoms with Gasteiger partial charge in [0, 0.05) is 11.8 Å². The van der Waals surface area contributed by atoms with Crippen LogP contribution in [0.3, 0.4) is 0 Å². The third kappa shape index (κ3) is 3.18. The van der Waals surface area contributed by atoms with Gasteiger partial charge in [0.25, 0.3) is 0 Å². The summed E-state index contributed by atoms with van der Waals surface area (Å²) in [5, 5.41) is 19.4. The molecular formula is C20H32O3. The lowest BCUT2D eigenvalue weighted by Gasteiger charge is -2.57. The Bertz CT molecular complexity index is 529. The maximum absolute atomic E-state index is 12.4. The van der Waals surface area contributed by atoms with Crippen LogP contribution in [-0.2, 0) is 4.79 Å². The number of hydrogen-bond acceptors (Lipinski definition) is 3. The van der Waals surface area contributed by atoms with Crippen LogP contribution < -0.4 is 0 Å². The molecule has 4 atom stereocenters. The van der Waals surface area contributed by atoms with Crippen LogP contribution in [0.2, 0.25) is 0 Å². The Morgan fingerprint density at radius 2 is 2.04 bits per heavy atom. The van der Waals surface area contributed by atoms with Crippen LogP contribution in [0, 0.1) is 22.7 Å². The van der Waals surface area contributed by atoms with Gasteiger partial charge in [0.05, 0.1) is 6.61 Å². The fourth-order valence-electron chi connectivity index (χ4n) is 5.14. The quantitative estimate of drug-likeness (QED) is 0.777. The summed E-state index contributed by atoms with van der Waals surface area (Å²) >= 11 is 0. The molecule has 0 radical (unpaired) electrons. The predicted molar refractivity (Wildman–Crippen MR) is 92.9 cm³/mol. The summed E-state index contributed by atoms with van der Waals surface area (Å²) < 4.78 is 0. The number of aliphatic hydroxyl groups is 2. The van der Waals surface area contributed by atoms with Crippen LogP contribution in [0.15, 0.2) is 23.3 Å². The average Bonchev–Trinajstić information content (AvgIpc) is 2.44. The standard InChI is InChI=1S/C20H32O3/c1-13(10-11-21)6-8-15-14(2)7-9-17-19(3,4)18(23)16(22)12-20(15,17)5/h7,10,15,17-18,21,23H,6,8-9,11-12H2,1-5H3. The van der Waals surface area contributed by atoms with Gasteiger partial charge < -0.3 is 10.2 Å². The zero-order valence-electron chi connectivity index (χ0n) is 15.2. The lowest BCUT2D eigenvalue weighted by molar-refractivity contribution is -0.159. The van der Waals surface area contributed by atoms with Crippen LogP contribution in [0.4, 0.5) is 0 Å². The fourth-order valence-corrected chi connectivity index (χ4v) is 5.14. The number of rotatable bonds is 4. The van der Waals surface area contributed by atoms with Crippen molar-refractivity contribution in [2.75, 3.05) is 6.61 Å². The largest absolute Gasteiger partial charge is 0.392 e. The molecule has 1 saturated carbocycles. The van der Waals surface area contributed by atoms with Gasteiger partial charge in [0.2, 0.25) is 0 Å². The highest BCUT2D eigenvalue weighted by Gasteiger charge is 2.57. The van der Waals surface area contributed by atoms with Gasteiger partial charge in [-0.2, -0.15) is 0 Å². The van der Waals surface area contributed by atoms with Crippen LogP contribution in [0.1, 0.15) is 60.3 Å². The Labute approximate surface area is 140 Å². The summed E-state index contributed by atoms with van der Waals surface area (Å²) in [4.78, 5) is 12.4. The number of carbonyl (C=O) groups is 1. The molecule has 23 heavy (non-hydrogen) atoms. The van der Waals surface area contributed by atoms with Gasteiger partial charge in [-0.1, -0.05) is 44.1 Å². The number of Topliss-reactive ketones (excluding diaryl/α,β-unsaturated/α-hetero) is 1. The van der Waals surface area contributed by atoms with E-state index in [1.807, 2.05) is 19.9 Å². The first-order chi connectivity index (χ1) is 10.6.